The zero-order valence-electron chi connectivity index (χ0n) is 15.9. The maximum atomic E-state index is 12.7. The van der Waals surface area contributed by atoms with Crippen LogP contribution in [-0.2, 0) is 24.0 Å². The van der Waals surface area contributed by atoms with E-state index in [0.29, 0.717) is 11.1 Å². The molecule has 0 aromatic heterocycles. The highest BCUT2D eigenvalue weighted by molar-refractivity contribution is 5.68. The number of rotatable bonds is 4. The topological polar surface area (TPSA) is 53.3 Å². The molecule has 0 aliphatic carbocycles. The van der Waals surface area contributed by atoms with Gasteiger partial charge in [-0.25, -0.2) is 4.79 Å². The molecule has 7 heteroatoms. The summed E-state index contributed by atoms with van der Waals surface area (Å²) in [6.45, 7) is 5.50. The molecule has 28 heavy (non-hydrogen) atoms. The number of carbonyl (C=O) groups excluding carboxylic acids is 1. The predicted molar refractivity (Wildman–Crippen MR) is 98.1 cm³/mol. The van der Waals surface area contributed by atoms with Crippen molar-refractivity contribution in [2.45, 2.75) is 45.6 Å². The minimum Gasteiger partial charge on any atom is -0.444 e. The van der Waals surface area contributed by atoms with Gasteiger partial charge in [0.25, 0.3) is 0 Å². The van der Waals surface area contributed by atoms with Crippen LogP contribution in [0.3, 0.4) is 0 Å². The van der Waals surface area contributed by atoms with Crippen LogP contribution in [0.15, 0.2) is 48.5 Å². The summed E-state index contributed by atoms with van der Waals surface area (Å²) in [5.41, 5.74) is 0.367. The lowest BCUT2D eigenvalue weighted by atomic mass is 10.1. The fraction of sp³-hybridized carbons (Fsp3) is 0.333. The van der Waals surface area contributed by atoms with Crippen molar-refractivity contribution in [1.82, 2.24) is 4.90 Å². The van der Waals surface area contributed by atoms with E-state index in [4.69, 9.17) is 10.00 Å². The monoisotopic (exact) mass is 390 g/mol. The quantitative estimate of drug-likeness (QED) is 0.691. The van der Waals surface area contributed by atoms with Crippen molar-refractivity contribution < 1.29 is 22.7 Å². The van der Waals surface area contributed by atoms with Gasteiger partial charge in [0.2, 0.25) is 0 Å². The van der Waals surface area contributed by atoms with Crippen LogP contribution in [-0.4, -0.2) is 16.6 Å². The van der Waals surface area contributed by atoms with E-state index in [9.17, 15) is 18.0 Å². The molecule has 2 aromatic rings. The Bertz CT molecular complexity index is 846. The van der Waals surface area contributed by atoms with Crippen molar-refractivity contribution in [3.8, 4) is 6.07 Å². The molecule has 0 heterocycles. The summed E-state index contributed by atoms with van der Waals surface area (Å²) < 4.78 is 43.6. The van der Waals surface area contributed by atoms with Gasteiger partial charge in [-0.2, -0.15) is 18.4 Å². The first kappa shape index (κ1) is 21.3. The predicted octanol–water partition coefficient (Wildman–Crippen LogP) is 5.51. The van der Waals surface area contributed by atoms with Gasteiger partial charge in [-0.15, -0.1) is 0 Å². The fourth-order valence-electron chi connectivity index (χ4n) is 2.44. The maximum absolute atomic E-state index is 12.7. The molecule has 1 amide bonds. The number of nitrogens with zero attached hydrogens (tertiary/aromatic N) is 2. The van der Waals surface area contributed by atoms with Crippen molar-refractivity contribution in [2.75, 3.05) is 0 Å². The number of halogens is 3. The van der Waals surface area contributed by atoms with Crippen LogP contribution in [0.2, 0.25) is 0 Å². The summed E-state index contributed by atoms with van der Waals surface area (Å²) in [7, 11) is 0. The van der Waals surface area contributed by atoms with E-state index in [1.807, 2.05) is 6.07 Å². The molecule has 148 valence electrons. The van der Waals surface area contributed by atoms with E-state index in [2.05, 4.69) is 0 Å². The lowest BCUT2D eigenvalue weighted by Gasteiger charge is -2.27. The van der Waals surface area contributed by atoms with Gasteiger partial charge in [0.05, 0.1) is 17.2 Å². The van der Waals surface area contributed by atoms with Gasteiger partial charge >= 0.3 is 12.3 Å². The highest BCUT2D eigenvalue weighted by Crippen LogP contribution is 2.29. The lowest BCUT2D eigenvalue weighted by Crippen LogP contribution is -2.36. The Morgan fingerprint density at radius 2 is 1.43 bits per heavy atom. The Labute approximate surface area is 162 Å². The molecule has 0 N–H and O–H groups in total. The third-order valence-corrected chi connectivity index (χ3v) is 3.76. The third kappa shape index (κ3) is 6.31. The molecule has 2 rings (SSSR count). The summed E-state index contributed by atoms with van der Waals surface area (Å²) in [4.78, 5) is 14.0. The first-order chi connectivity index (χ1) is 13.0. The summed E-state index contributed by atoms with van der Waals surface area (Å²) in [5, 5.41) is 8.89. The second-order valence-electron chi connectivity index (χ2n) is 7.34. The summed E-state index contributed by atoms with van der Waals surface area (Å²) in [5.74, 6) is 0. The molecule has 0 bridgehead atoms. The Morgan fingerprint density at radius 1 is 0.964 bits per heavy atom. The van der Waals surface area contributed by atoms with Crippen molar-refractivity contribution in [3.05, 3.63) is 70.8 Å². The largest absolute Gasteiger partial charge is 0.444 e. The number of hydrogen-bond acceptors (Lipinski definition) is 3. The van der Waals surface area contributed by atoms with Gasteiger partial charge in [0.1, 0.15) is 5.60 Å². The van der Waals surface area contributed by atoms with Gasteiger partial charge < -0.3 is 4.74 Å². The molecular weight excluding hydrogens is 369 g/mol. The summed E-state index contributed by atoms with van der Waals surface area (Å²) >= 11 is 0. The fourth-order valence-corrected chi connectivity index (χ4v) is 2.44. The third-order valence-electron chi connectivity index (χ3n) is 3.76. The Morgan fingerprint density at radius 3 is 1.82 bits per heavy atom. The van der Waals surface area contributed by atoms with Gasteiger partial charge in [-0.1, -0.05) is 24.3 Å². The number of hydrogen-bond donors (Lipinski definition) is 0. The summed E-state index contributed by atoms with van der Waals surface area (Å²) in [6.07, 6.45) is -4.98. The van der Waals surface area contributed by atoms with Crippen LogP contribution >= 0.6 is 0 Å². The average Bonchev–Trinajstić information content (AvgIpc) is 2.60. The standard InChI is InChI=1S/C21H21F3N2O2/c1-20(2,3)28-19(27)26(13-16-6-4-15(12-25)5-7-16)14-17-8-10-18(11-9-17)21(22,23)24/h4-11H,13-14H2,1-3H3. The van der Waals surface area contributed by atoms with Crippen LogP contribution in [0.1, 0.15) is 43.0 Å². The van der Waals surface area contributed by atoms with Crippen molar-refractivity contribution in [2.24, 2.45) is 0 Å². The molecule has 0 saturated heterocycles. The second-order valence-corrected chi connectivity index (χ2v) is 7.34. The van der Waals surface area contributed by atoms with Crippen LogP contribution in [0.5, 0.6) is 0 Å². The van der Waals surface area contributed by atoms with Crippen LogP contribution < -0.4 is 0 Å². The molecule has 0 spiro atoms. The van der Waals surface area contributed by atoms with Crippen molar-refractivity contribution >= 4 is 6.09 Å². The molecular formula is C21H21F3N2O2. The molecule has 2 aromatic carbocycles. The van der Waals surface area contributed by atoms with E-state index in [1.54, 1.807) is 45.0 Å². The van der Waals surface area contributed by atoms with Crippen LogP contribution in [0.4, 0.5) is 18.0 Å². The highest BCUT2D eigenvalue weighted by atomic mass is 19.4. The number of ether oxygens (including phenoxy) is 1. The number of carbonyl (C=O) groups is 1. The van der Waals surface area contributed by atoms with Gasteiger partial charge in [0.15, 0.2) is 0 Å². The zero-order valence-corrected chi connectivity index (χ0v) is 15.9. The van der Waals surface area contributed by atoms with E-state index < -0.39 is 23.4 Å². The molecule has 0 saturated carbocycles. The zero-order chi connectivity index (χ0) is 20.9. The molecule has 4 nitrogen and oxygen atoms in total. The minimum atomic E-state index is -4.41. The molecule has 0 fully saturated rings. The highest BCUT2D eigenvalue weighted by Gasteiger charge is 2.30. The van der Waals surface area contributed by atoms with E-state index in [0.717, 1.165) is 17.7 Å². The average molecular weight is 390 g/mol. The second kappa shape index (κ2) is 8.34. The van der Waals surface area contributed by atoms with E-state index in [1.165, 1.54) is 17.0 Å². The van der Waals surface area contributed by atoms with Crippen molar-refractivity contribution in [3.63, 3.8) is 0 Å². The Balaban J connectivity index is 2.22. The molecule has 0 unspecified atom stereocenters. The first-order valence-electron chi connectivity index (χ1n) is 8.61. The minimum absolute atomic E-state index is 0.0903. The lowest BCUT2D eigenvalue weighted by molar-refractivity contribution is -0.137. The van der Waals surface area contributed by atoms with E-state index in [-0.39, 0.29) is 13.1 Å². The smallest absolute Gasteiger partial charge is 0.416 e. The normalized spacial score (nSPS) is 11.6. The van der Waals surface area contributed by atoms with Crippen LogP contribution in [0, 0.1) is 11.3 Å². The van der Waals surface area contributed by atoms with Gasteiger partial charge in [-0.3, -0.25) is 4.90 Å². The molecule has 0 atom stereocenters. The van der Waals surface area contributed by atoms with Gasteiger partial charge in [0, 0.05) is 13.1 Å². The van der Waals surface area contributed by atoms with Gasteiger partial charge in [-0.05, 0) is 56.2 Å². The van der Waals surface area contributed by atoms with Crippen LogP contribution in [0.25, 0.3) is 0 Å². The Hall–Kier alpha value is -3.01. The SMILES string of the molecule is CC(C)(C)OC(=O)N(Cc1ccc(C#N)cc1)Cc1ccc(C(F)(F)F)cc1. The number of nitriles is 1. The number of amides is 1. The maximum Gasteiger partial charge on any atom is 0.416 e. The van der Waals surface area contributed by atoms with Crippen molar-refractivity contribution in [1.29, 1.82) is 5.26 Å². The number of benzene rings is 2. The summed E-state index contributed by atoms with van der Waals surface area (Å²) in [6, 6.07) is 13.4. The molecule has 0 aliphatic rings. The number of alkyl halides is 3. The Kier molecular flexibility index (Phi) is 6.34. The molecule has 0 aliphatic heterocycles. The molecule has 0 radical (unpaired) electrons. The van der Waals surface area contributed by atoms with E-state index >= 15 is 0 Å². The first-order valence-corrected chi connectivity index (χ1v) is 8.61.